The van der Waals surface area contributed by atoms with Gasteiger partial charge < -0.3 is 5.32 Å². The fourth-order valence-corrected chi connectivity index (χ4v) is 6.05. The Labute approximate surface area is 196 Å². The molecule has 1 aliphatic rings. The lowest BCUT2D eigenvalue weighted by atomic mass is 9.96. The number of benzene rings is 1. The molecule has 1 saturated heterocycles. The van der Waals surface area contributed by atoms with Crippen LogP contribution in [0.5, 0.6) is 0 Å². The lowest BCUT2D eigenvalue weighted by Crippen LogP contribution is -2.44. The first kappa shape index (κ1) is 23.7. The van der Waals surface area contributed by atoms with Gasteiger partial charge >= 0.3 is 0 Å². The first-order valence-electron chi connectivity index (χ1n) is 10.8. The predicted octanol–water partition coefficient (Wildman–Crippen LogP) is 2.88. The van der Waals surface area contributed by atoms with Crippen LogP contribution in [0.4, 0.5) is 4.39 Å². The van der Waals surface area contributed by atoms with Crippen molar-refractivity contribution in [1.82, 2.24) is 24.2 Å². The molecule has 2 aromatic heterocycles. The Hall–Kier alpha value is -2.50. The summed E-state index contributed by atoms with van der Waals surface area (Å²) in [6.45, 7) is 0.330. The van der Waals surface area contributed by atoms with Crippen LogP contribution in [0.15, 0.2) is 53.6 Å². The highest BCUT2D eigenvalue weighted by Gasteiger charge is 2.34. The molecule has 0 aliphatic carbocycles. The first-order chi connectivity index (χ1) is 15.9. The number of piperidine rings is 1. The second kappa shape index (κ2) is 10.2. The van der Waals surface area contributed by atoms with Gasteiger partial charge in [-0.2, -0.15) is 16.1 Å². The third-order valence-electron chi connectivity index (χ3n) is 5.86. The van der Waals surface area contributed by atoms with Crippen molar-refractivity contribution in [3.8, 4) is 0 Å². The minimum atomic E-state index is -3.93. The number of rotatable bonds is 8. The van der Waals surface area contributed by atoms with E-state index in [4.69, 9.17) is 0 Å². The standard InChI is InChI=1S/C22H26FN5O3S2/c1-32-15-11-18(21-26-25-20-8-4-5-12-28(20)21)24-22(29)16-9-13-27(14-10-16)33(30,31)19-7-3-2-6-17(19)23/h2-8,12,16,18H,9-11,13-15H2,1H3,(H,24,29). The molecular weight excluding hydrogens is 465 g/mol. The van der Waals surface area contributed by atoms with Gasteiger partial charge in [-0.25, -0.2) is 12.8 Å². The minimum absolute atomic E-state index is 0.128. The van der Waals surface area contributed by atoms with Crippen molar-refractivity contribution >= 4 is 33.3 Å². The number of thioether (sulfide) groups is 1. The maximum absolute atomic E-state index is 14.1. The Kier molecular flexibility index (Phi) is 7.30. The van der Waals surface area contributed by atoms with E-state index >= 15 is 0 Å². The molecule has 1 fully saturated rings. The molecule has 11 heteroatoms. The summed E-state index contributed by atoms with van der Waals surface area (Å²) in [5.74, 6) is 0.290. The molecule has 33 heavy (non-hydrogen) atoms. The number of halogens is 1. The Morgan fingerprint density at radius 2 is 1.91 bits per heavy atom. The fourth-order valence-electron chi connectivity index (χ4n) is 4.04. The van der Waals surface area contributed by atoms with Gasteiger partial charge in [-0.1, -0.05) is 18.2 Å². The number of nitrogens with zero attached hydrogens (tertiary/aromatic N) is 4. The van der Waals surface area contributed by atoms with E-state index in [1.54, 1.807) is 11.8 Å². The largest absolute Gasteiger partial charge is 0.346 e. The van der Waals surface area contributed by atoms with E-state index in [2.05, 4.69) is 15.5 Å². The maximum atomic E-state index is 14.1. The summed E-state index contributed by atoms with van der Waals surface area (Å²) in [7, 11) is -3.93. The topological polar surface area (TPSA) is 96.7 Å². The Bertz CT molecular complexity index is 1230. The number of hydrogen-bond donors (Lipinski definition) is 1. The molecule has 3 aromatic rings. The fraction of sp³-hybridized carbons (Fsp3) is 0.409. The molecule has 1 atom stereocenters. The second-order valence-corrected chi connectivity index (χ2v) is 10.8. The molecule has 0 radical (unpaired) electrons. The molecule has 176 valence electrons. The maximum Gasteiger partial charge on any atom is 0.245 e. The summed E-state index contributed by atoms with van der Waals surface area (Å²) < 4.78 is 42.8. The van der Waals surface area contributed by atoms with E-state index in [-0.39, 0.29) is 35.9 Å². The van der Waals surface area contributed by atoms with Crippen molar-refractivity contribution < 1.29 is 17.6 Å². The molecule has 1 unspecified atom stereocenters. The minimum Gasteiger partial charge on any atom is -0.346 e. The van der Waals surface area contributed by atoms with Crippen molar-refractivity contribution in [2.45, 2.75) is 30.2 Å². The van der Waals surface area contributed by atoms with Crippen molar-refractivity contribution in [1.29, 1.82) is 0 Å². The van der Waals surface area contributed by atoms with Gasteiger partial charge in [0.25, 0.3) is 0 Å². The number of nitrogens with one attached hydrogen (secondary N) is 1. The number of pyridine rings is 1. The Balaban J connectivity index is 1.43. The number of hydrogen-bond acceptors (Lipinski definition) is 6. The number of fused-ring (bicyclic) bond motifs is 1. The molecule has 0 bridgehead atoms. The van der Waals surface area contributed by atoms with E-state index in [1.807, 2.05) is 35.1 Å². The van der Waals surface area contributed by atoms with Crippen LogP contribution >= 0.6 is 11.8 Å². The van der Waals surface area contributed by atoms with Gasteiger partial charge in [0.05, 0.1) is 6.04 Å². The third-order valence-corrected chi connectivity index (χ3v) is 8.43. The monoisotopic (exact) mass is 491 g/mol. The van der Waals surface area contributed by atoms with Crippen LogP contribution in [0.3, 0.4) is 0 Å². The molecule has 0 spiro atoms. The molecular formula is C22H26FN5O3S2. The molecule has 0 saturated carbocycles. The van der Waals surface area contributed by atoms with Crippen molar-refractivity contribution in [3.05, 3.63) is 60.3 Å². The van der Waals surface area contributed by atoms with E-state index in [1.165, 1.54) is 22.5 Å². The number of sulfonamides is 1. The van der Waals surface area contributed by atoms with Crippen LogP contribution in [0, 0.1) is 11.7 Å². The summed E-state index contributed by atoms with van der Waals surface area (Å²) in [6, 6.07) is 10.7. The van der Waals surface area contributed by atoms with E-state index in [0.717, 1.165) is 11.8 Å². The molecule has 1 aliphatic heterocycles. The van der Waals surface area contributed by atoms with Gasteiger partial charge in [-0.15, -0.1) is 10.2 Å². The normalized spacial score (nSPS) is 16.7. The van der Waals surface area contributed by atoms with Crippen LogP contribution in [0.25, 0.3) is 5.65 Å². The zero-order valence-electron chi connectivity index (χ0n) is 18.2. The highest BCUT2D eigenvalue weighted by molar-refractivity contribution is 7.98. The van der Waals surface area contributed by atoms with Crippen molar-refractivity contribution in [2.75, 3.05) is 25.1 Å². The summed E-state index contributed by atoms with van der Waals surface area (Å²) in [4.78, 5) is 12.8. The summed E-state index contributed by atoms with van der Waals surface area (Å²) in [6.07, 6.45) is 5.31. The van der Waals surface area contributed by atoms with Crippen LogP contribution in [0.2, 0.25) is 0 Å². The molecule has 1 N–H and O–H groups in total. The zero-order valence-corrected chi connectivity index (χ0v) is 19.9. The number of amides is 1. The number of carbonyl (C=O) groups excluding carboxylic acids is 1. The zero-order chi connectivity index (χ0) is 23.4. The van der Waals surface area contributed by atoms with Crippen molar-refractivity contribution in [3.63, 3.8) is 0 Å². The van der Waals surface area contributed by atoms with E-state index in [0.29, 0.717) is 30.7 Å². The Morgan fingerprint density at radius 1 is 1.18 bits per heavy atom. The smallest absolute Gasteiger partial charge is 0.245 e. The number of carbonyl (C=O) groups is 1. The SMILES string of the molecule is CSCCC(NC(=O)C1CCN(S(=O)(=O)c2ccccc2F)CC1)c1nnc2ccccn12. The van der Waals surface area contributed by atoms with E-state index in [9.17, 15) is 17.6 Å². The van der Waals surface area contributed by atoms with Crippen LogP contribution < -0.4 is 5.32 Å². The third kappa shape index (κ3) is 5.04. The lowest BCUT2D eigenvalue weighted by molar-refractivity contribution is -0.127. The summed E-state index contributed by atoms with van der Waals surface area (Å²) in [5.41, 5.74) is 0.711. The van der Waals surface area contributed by atoms with Gasteiger partial charge in [0, 0.05) is 25.2 Å². The molecule has 8 nitrogen and oxygen atoms in total. The highest BCUT2D eigenvalue weighted by Crippen LogP contribution is 2.26. The van der Waals surface area contributed by atoms with Crippen molar-refractivity contribution in [2.24, 2.45) is 5.92 Å². The van der Waals surface area contributed by atoms with Crippen LogP contribution in [0.1, 0.15) is 31.1 Å². The van der Waals surface area contributed by atoms with Gasteiger partial charge in [0.2, 0.25) is 15.9 Å². The molecule has 3 heterocycles. The molecule has 1 amide bonds. The molecule has 1 aromatic carbocycles. The summed E-state index contributed by atoms with van der Waals surface area (Å²) >= 11 is 1.68. The Morgan fingerprint density at radius 3 is 2.64 bits per heavy atom. The van der Waals surface area contributed by atoms with E-state index < -0.39 is 15.8 Å². The summed E-state index contributed by atoms with van der Waals surface area (Å²) in [5, 5.41) is 11.6. The first-order valence-corrected chi connectivity index (χ1v) is 13.6. The quantitative estimate of drug-likeness (QED) is 0.521. The highest BCUT2D eigenvalue weighted by atomic mass is 32.2. The van der Waals surface area contributed by atoms with Gasteiger partial charge in [0.1, 0.15) is 10.7 Å². The predicted molar refractivity (Wildman–Crippen MR) is 125 cm³/mol. The van der Waals surface area contributed by atoms with Crippen LogP contribution in [-0.2, 0) is 14.8 Å². The van der Waals surface area contributed by atoms with Gasteiger partial charge in [-0.05, 0) is 55.5 Å². The lowest BCUT2D eigenvalue weighted by Gasteiger charge is -2.31. The van der Waals surface area contributed by atoms with Gasteiger partial charge in [-0.3, -0.25) is 9.20 Å². The van der Waals surface area contributed by atoms with Crippen LogP contribution in [-0.4, -0.2) is 58.3 Å². The number of aromatic nitrogens is 3. The average Bonchev–Trinajstić information content (AvgIpc) is 3.26. The second-order valence-electron chi connectivity index (χ2n) is 7.94. The molecule has 4 rings (SSSR count). The van der Waals surface area contributed by atoms with Gasteiger partial charge in [0.15, 0.2) is 11.5 Å². The average molecular weight is 492 g/mol.